The molecule has 88 valence electrons. The molecule has 0 saturated carbocycles. The molecule has 0 heterocycles. The van der Waals surface area contributed by atoms with E-state index in [9.17, 15) is 0 Å². The minimum Gasteiger partial charge on any atom is -0.307 e. The monoisotopic (exact) mass is 202 g/mol. The molecule has 0 aliphatic heterocycles. The number of hydrogen-bond acceptors (Lipinski definition) is 2. The maximum Gasteiger partial charge on any atom is -0.000678 e. The summed E-state index contributed by atoms with van der Waals surface area (Å²) < 4.78 is 0. The van der Waals surface area contributed by atoms with Crippen molar-refractivity contribution in [3.63, 3.8) is 0 Å². The third kappa shape index (κ3) is 10.0. The van der Waals surface area contributed by atoms with Gasteiger partial charge in [0, 0.05) is 0 Å². The Labute approximate surface area is 91.3 Å². The molecule has 0 bridgehead atoms. The molecular formula is C12H30N2. The van der Waals surface area contributed by atoms with Crippen molar-refractivity contribution >= 4 is 0 Å². The van der Waals surface area contributed by atoms with E-state index in [1.54, 1.807) is 0 Å². The maximum atomic E-state index is 2.48. The van der Waals surface area contributed by atoms with Gasteiger partial charge in [0.05, 0.1) is 0 Å². The van der Waals surface area contributed by atoms with Crippen molar-refractivity contribution in [3.8, 4) is 0 Å². The van der Waals surface area contributed by atoms with Gasteiger partial charge in [-0.2, -0.15) is 0 Å². The number of nitrogens with zero attached hydrogens (tertiary/aromatic N) is 2. The van der Waals surface area contributed by atoms with Gasteiger partial charge in [0.1, 0.15) is 0 Å². The van der Waals surface area contributed by atoms with E-state index in [0.29, 0.717) is 0 Å². The quantitative estimate of drug-likeness (QED) is 0.626. The molecule has 0 N–H and O–H groups in total. The summed E-state index contributed by atoms with van der Waals surface area (Å²) in [4.78, 5) is 4.84. The summed E-state index contributed by atoms with van der Waals surface area (Å²) in [6, 6.07) is 0. The van der Waals surface area contributed by atoms with Crippen molar-refractivity contribution < 1.29 is 0 Å². The number of rotatable bonds is 7. The summed E-state index contributed by atoms with van der Waals surface area (Å²) in [7, 11) is 2.18. The van der Waals surface area contributed by atoms with Gasteiger partial charge in [0.25, 0.3) is 0 Å². The van der Waals surface area contributed by atoms with E-state index in [1.807, 2.05) is 13.8 Å². The first-order valence-electron chi connectivity index (χ1n) is 6.15. The van der Waals surface area contributed by atoms with E-state index in [0.717, 1.165) is 6.54 Å². The van der Waals surface area contributed by atoms with Crippen LogP contribution in [-0.2, 0) is 0 Å². The van der Waals surface area contributed by atoms with Crippen molar-refractivity contribution in [2.75, 3.05) is 39.8 Å². The maximum absolute atomic E-state index is 2.48. The highest BCUT2D eigenvalue weighted by Gasteiger charge is 1.99. The average Bonchev–Trinajstić information content (AvgIpc) is 2.27. The van der Waals surface area contributed by atoms with E-state index < -0.39 is 0 Å². The van der Waals surface area contributed by atoms with Crippen LogP contribution in [0.25, 0.3) is 0 Å². The largest absolute Gasteiger partial charge is 0.307 e. The van der Waals surface area contributed by atoms with Gasteiger partial charge in [0.15, 0.2) is 0 Å². The van der Waals surface area contributed by atoms with Crippen LogP contribution >= 0.6 is 0 Å². The first-order chi connectivity index (χ1) is 6.74. The molecule has 0 aliphatic rings. The Morgan fingerprint density at radius 2 is 1.29 bits per heavy atom. The zero-order valence-corrected chi connectivity index (χ0v) is 11.1. The predicted octanol–water partition coefficient (Wildman–Crippen LogP) is 2.70. The SMILES string of the molecule is CC.CCN(C)CCCN(CC)CC. The van der Waals surface area contributed by atoms with Crippen molar-refractivity contribution in [2.24, 2.45) is 0 Å². The van der Waals surface area contributed by atoms with Crippen LogP contribution in [0.4, 0.5) is 0 Å². The molecule has 0 unspecified atom stereocenters. The van der Waals surface area contributed by atoms with Crippen LogP contribution in [0, 0.1) is 0 Å². The Morgan fingerprint density at radius 3 is 1.64 bits per heavy atom. The van der Waals surface area contributed by atoms with Crippen LogP contribution in [-0.4, -0.2) is 49.6 Å². The molecule has 0 aliphatic carbocycles. The topological polar surface area (TPSA) is 6.48 Å². The summed E-state index contributed by atoms with van der Waals surface area (Å²) >= 11 is 0. The lowest BCUT2D eigenvalue weighted by Crippen LogP contribution is -2.28. The fourth-order valence-corrected chi connectivity index (χ4v) is 1.26. The van der Waals surface area contributed by atoms with Crippen LogP contribution in [0.3, 0.4) is 0 Å². The van der Waals surface area contributed by atoms with E-state index in [2.05, 4.69) is 37.6 Å². The lowest BCUT2D eigenvalue weighted by Gasteiger charge is -2.20. The molecule has 0 amide bonds. The van der Waals surface area contributed by atoms with Crippen molar-refractivity contribution in [1.29, 1.82) is 0 Å². The Morgan fingerprint density at radius 1 is 0.786 bits per heavy atom. The second kappa shape index (κ2) is 12.9. The van der Waals surface area contributed by atoms with E-state index in [-0.39, 0.29) is 0 Å². The summed E-state index contributed by atoms with van der Waals surface area (Å²) in [5.74, 6) is 0. The lowest BCUT2D eigenvalue weighted by molar-refractivity contribution is 0.267. The van der Waals surface area contributed by atoms with Crippen LogP contribution in [0.15, 0.2) is 0 Å². The fourth-order valence-electron chi connectivity index (χ4n) is 1.26. The van der Waals surface area contributed by atoms with E-state index >= 15 is 0 Å². The van der Waals surface area contributed by atoms with Crippen molar-refractivity contribution in [2.45, 2.75) is 41.0 Å². The Bertz CT molecular complexity index is 90.3. The summed E-state index contributed by atoms with van der Waals surface area (Å²) in [5, 5.41) is 0. The molecule has 0 radical (unpaired) electrons. The molecule has 0 rings (SSSR count). The third-order valence-electron chi connectivity index (χ3n) is 2.45. The van der Waals surface area contributed by atoms with Crippen molar-refractivity contribution in [1.82, 2.24) is 9.80 Å². The third-order valence-corrected chi connectivity index (χ3v) is 2.45. The van der Waals surface area contributed by atoms with Gasteiger partial charge in [-0.3, -0.25) is 0 Å². The Kier molecular flexibility index (Phi) is 15.1. The van der Waals surface area contributed by atoms with E-state index in [1.165, 1.54) is 32.6 Å². The minimum absolute atomic E-state index is 1.16. The van der Waals surface area contributed by atoms with Gasteiger partial charge in [-0.05, 0) is 46.2 Å². The summed E-state index contributed by atoms with van der Waals surface area (Å²) in [5.41, 5.74) is 0. The van der Waals surface area contributed by atoms with Gasteiger partial charge in [-0.1, -0.05) is 34.6 Å². The number of hydrogen-bond donors (Lipinski definition) is 0. The Hall–Kier alpha value is -0.0800. The van der Waals surface area contributed by atoms with Gasteiger partial charge >= 0.3 is 0 Å². The van der Waals surface area contributed by atoms with Gasteiger partial charge in [-0.25, -0.2) is 0 Å². The first-order valence-corrected chi connectivity index (χ1v) is 6.15. The molecule has 0 aromatic heterocycles. The van der Waals surface area contributed by atoms with Crippen LogP contribution in [0.5, 0.6) is 0 Å². The summed E-state index contributed by atoms with van der Waals surface area (Å²) in [6.07, 6.45) is 1.30. The molecule has 0 fully saturated rings. The Balaban J connectivity index is 0. The standard InChI is InChI=1S/C10H24N2.C2H6/c1-5-11(4)9-8-10-12(6-2)7-3;1-2/h5-10H2,1-4H3;1-2H3. The van der Waals surface area contributed by atoms with Crippen LogP contribution < -0.4 is 0 Å². The predicted molar refractivity (Wildman–Crippen MR) is 66.9 cm³/mol. The van der Waals surface area contributed by atoms with E-state index in [4.69, 9.17) is 0 Å². The molecule has 0 aromatic carbocycles. The van der Waals surface area contributed by atoms with Crippen LogP contribution in [0.1, 0.15) is 41.0 Å². The molecule has 0 spiro atoms. The van der Waals surface area contributed by atoms with Crippen molar-refractivity contribution in [3.05, 3.63) is 0 Å². The normalized spacial score (nSPS) is 10.3. The summed E-state index contributed by atoms with van der Waals surface area (Å²) in [6.45, 7) is 16.7. The molecular weight excluding hydrogens is 172 g/mol. The molecule has 0 aromatic rings. The lowest BCUT2D eigenvalue weighted by atomic mass is 10.3. The zero-order chi connectivity index (χ0) is 11.4. The molecule has 2 nitrogen and oxygen atoms in total. The molecule has 14 heavy (non-hydrogen) atoms. The molecule has 2 heteroatoms. The minimum atomic E-state index is 1.16. The highest BCUT2D eigenvalue weighted by molar-refractivity contribution is 4.55. The second-order valence-corrected chi connectivity index (χ2v) is 3.28. The first kappa shape index (κ1) is 16.4. The molecule has 0 atom stereocenters. The van der Waals surface area contributed by atoms with Gasteiger partial charge in [-0.15, -0.1) is 0 Å². The van der Waals surface area contributed by atoms with Crippen LogP contribution in [0.2, 0.25) is 0 Å². The highest BCUT2D eigenvalue weighted by atomic mass is 15.1. The highest BCUT2D eigenvalue weighted by Crippen LogP contribution is 1.92. The molecule has 0 saturated heterocycles. The fraction of sp³-hybridized carbons (Fsp3) is 1.00. The second-order valence-electron chi connectivity index (χ2n) is 3.28. The van der Waals surface area contributed by atoms with Gasteiger partial charge < -0.3 is 9.80 Å². The smallest absolute Gasteiger partial charge is 0.000678 e. The zero-order valence-electron chi connectivity index (χ0n) is 11.1. The van der Waals surface area contributed by atoms with Gasteiger partial charge in [0.2, 0.25) is 0 Å². The average molecular weight is 202 g/mol.